The Morgan fingerprint density at radius 2 is 1.94 bits per heavy atom. The first kappa shape index (κ1) is 15.9. The fourth-order valence-corrected chi connectivity index (χ4v) is 1.36. The number of carbonyl (C=O) groups is 2. The van der Waals surface area contributed by atoms with Gasteiger partial charge in [0.05, 0.1) is 13.2 Å². The highest BCUT2D eigenvalue weighted by molar-refractivity contribution is 5.83. The molecule has 2 atom stereocenters. The first-order valence-corrected chi connectivity index (χ1v) is 5.68. The molecule has 0 saturated heterocycles. The van der Waals surface area contributed by atoms with Crippen LogP contribution >= 0.6 is 0 Å². The third kappa shape index (κ3) is 7.70. The van der Waals surface area contributed by atoms with Gasteiger partial charge in [-0.1, -0.05) is 0 Å². The standard InChI is InChI=1S/C11H22N2O4/c1-5-17-8(2)6-12-7-10(11(15)16-4)13-9(3)14/h8,10,12H,5-7H2,1-4H3,(H,13,14). The van der Waals surface area contributed by atoms with E-state index in [4.69, 9.17) is 4.74 Å². The molecule has 6 heteroatoms. The molecule has 0 aromatic carbocycles. The molecule has 0 radical (unpaired) electrons. The van der Waals surface area contributed by atoms with Gasteiger partial charge in [0, 0.05) is 26.6 Å². The quantitative estimate of drug-likeness (QED) is 0.574. The normalized spacial score (nSPS) is 13.9. The summed E-state index contributed by atoms with van der Waals surface area (Å²) in [4.78, 5) is 22.2. The molecular weight excluding hydrogens is 224 g/mol. The van der Waals surface area contributed by atoms with E-state index in [1.165, 1.54) is 14.0 Å². The van der Waals surface area contributed by atoms with E-state index < -0.39 is 12.0 Å². The molecule has 100 valence electrons. The lowest BCUT2D eigenvalue weighted by Gasteiger charge is -2.18. The molecule has 0 aromatic rings. The SMILES string of the molecule is CCOC(C)CNCC(NC(C)=O)C(=O)OC. The van der Waals surface area contributed by atoms with Gasteiger partial charge >= 0.3 is 5.97 Å². The van der Waals surface area contributed by atoms with Crippen LogP contribution in [0.2, 0.25) is 0 Å². The Labute approximate surface area is 102 Å². The predicted molar refractivity (Wildman–Crippen MR) is 63.6 cm³/mol. The van der Waals surface area contributed by atoms with Gasteiger partial charge in [0.2, 0.25) is 5.91 Å². The molecular formula is C11H22N2O4. The van der Waals surface area contributed by atoms with Crippen molar-refractivity contribution in [1.29, 1.82) is 0 Å². The number of hydrogen-bond acceptors (Lipinski definition) is 5. The lowest BCUT2D eigenvalue weighted by atomic mass is 10.2. The zero-order valence-electron chi connectivity index (χ0n) is 10.9. The number of amides is 1. The number of carbonyl (C=O) groups excluding carboxylic acids is 2. The van der Waals surface area contributed by atoms with Gasteiger partial charge in [-0.2, -0.15) is 0 Å². The Bertz CT molecular complexity index is 246. The van der Waals surface area contributed by atoms with Crippen LogP contribution < -0.4 is 10.6 Å². The van der Waals surface area contributed by atoms with E-state index in [1.54, 1.807) is 0 Å². The van der Waals surface area contributed by atoms with E-state index in [2.05, 4.69) is 15.4 Å². The lowest BCUT2D eigenvalue weighted by molar-refractivity contribution is -0.144. The fraction of sp³-hybridized carbons (Fsp3) is 0.818. The highest BCUT2D eigenvalue weighted by atomic mass is 16.5. The molecule has 0 aliphatic heterocycles. The molecule has 0 rings (SSSR count). The molecule has 2 N–H and O–H groups in total. The maximum absolute atomic E-state index is 11.3. The van der Waals surface area contributed by atoms with Crippen molar-refractivity contribution in [3.63, 3.8) is 0 Å². The smallest absolute Gasteiger partial charge is 0.329 e. The van der Waals surface area contributed by atoms with Crippen molar-refractivity contribution in [3.05, 3.63) is 0 Å². The van der Waals surface area contributed by atoms with Crippen LogP contribution in [-0.4, -0.2) is 50.8 Å². The Morgan fingerprint density at radius 3 is 2.41 bits per heavy atom. The summed E-state index contributed by atoms with van der Waals surface area (Å²) in [6.07, 6.45) is 0.0654. The molecule has 0 aliphatic carbocycles. The van der Waals surface area contributed by atoms with Crippen LogP contribution in [0.5, 0.6) is 0 Å². The molecule has 0 heterocycles. The van der Waals surface area contributed by atoms with E-state index in [0.717, 1.165) is 0 Å². The molecule has 0 aliphatic rings. The Balaban J connectivity index is 3.99. The monoisotopic (exact) mass is 246 g/mol. The third-order valence-electron chi connectivity index (χ3n) is 2.09. The van der Waals surface area contributed by atoms with Gasteiger partial charge in [0.25, 0.3) is 0 Å². The van der Waals surface area contributed by atoms with Crippen molar-refractivity contribution in [2.75, 3.05) is 26.8 Å². The minimum atomic E-state index is -0.661. The van der Waals surface area contributed by atoms with Crippen molar-refractivity contribution in [3.8, 4) is 0 Å². The van der Waals surface area contributed by atoms with Gasteiger partial charge in [0.15, 0.2) is 0 Å². The summed E-state index contributed by atoms with van der Waals surface area (Å²) >= 11 is 0. The van der Waals surface area contributed by atoms with Crippen LogP contribution in [0.1, 0.15) is 20.8 Å². The van der Waals surface area contributed by atoms with Crippen molar-refractivity contribution < 1.29 is 19.1 Å². The Kier molecular flexibility index (Phi) is 8.35. The van der Waals surface area contributed by atoms with Crippen molar-refractivity contribution >= 4 is 11.9 Å². The molecule has 0 saturated carbocycles. The number of ether oxygens (including phenoxy) is 2. The Hall–Kier alpha value is -1.14. The van der Waals surface area contributed by atoms with Crippen molar-refractivity contribution in [1.82, 2.24) is 10.6 Å². The topological polar surface area (TPSA) is 76.7 Å². The van der Waals surface area contributed by atoms with Crippen molar-refractivity contribution in [2.24, 2.45) is 0 Å². The van der Waals surface area contributed by atoms with Crippen LogP contribution in [0.4, 0.5) is 0 Å². The number of esters is 1. The average molecular weight is 246 g/mol. The molecule has 0 spiro atoms. The molecule has 2 unspecified atom stereocenters. The first-order chi connectivity index (χ1) is 8.01. The number of methoxy groups -OCH3 is 1. The number of nitrogens with one attached hydrogen (secondary N) is 2. The first-order valence-electron chi connectivity index (χ1n) is 5.68. The predicted octanol–water partition coefficient (Wildman–Crippen LogP) is -0.321. The largest absolute Gasteiger partial charge is 0.467 e. The van der Waals surface area contributed by atoms with E-state index in [1.807, 2.05) is 13.8 Å². The third-order valence-corrected chi connectivity index (χ3v) is 2.09. The summed E-state index contributed by atoms with van der Waals surface area (Å²) in [6.45, 7) is 6.80. The molecule has 0 bridgehead atoms. The van der Waals surface area contributed by atoms with Crippen LogP contribution in [0.15, 0.2) is 0 Å². The van der Waals surface area contributed by atoms with Gasteiger partial charge in [-0.25, -0.2) is 4.79 Å². The summed E-state index contributed by atoms with van der Waals surface area (Å²) in [5, 5.41) is 5.57. The van der Waals surface area contributed by atoms with E-state index in [-0.39, 0.29) is 12.0 Å². The maximum atomic E-state index is 11.3. The molecule has 0 fully saturated rings. The zero-order chi connectivity index (χ0) is 13.3. The molecule has 0 aromatic heterocycles. The summed E-state index contributed by atoms with van der Waals surface area (Å²) in [6, 6.07) is -0.661. The molecule has 1 amide bonds. The number of rotatable bonds is 8. The van der Waals surface area contributed by atoms with Gasteiger partial charge in [0.1, 0.15) is 6.04 Å². The molecule has 6 nitrogen and oxygen atoms in total. The average Bonchev–Trinajstić information content (AvgIpc) is 2.26. The second-order valence-electron chi connectivity index (χ2n) is 3.70. The summed E-state index contributed by atoms with van der Waals surface area (Å²) in [5.41, 5.74) is 0. The van der Waals surface area contributed by atoms with E-state index in [9.17, 15) is 9.59 Å². The Morgan fingerprint density at radius 1 is 1.29 bits per heavy atom. The summed E-state index contributed by atoms with van der Waals surface area (Å²) in [5.74, 6) is -0.725. The van der Waals surface area contributed by atoms with Gasteiger partial charge in [-0.15, -0.1) is 0 Å². The minimum Gasteiger partial charge on any atom is -0.467 e. The van der Waals surface area contributed by atoms with Crippen LogP contribution in [-0.2, 0) is 19.1 Å². The van der Waals surface area contributed by atoms with E-state index >= 15 is 0 Å². The zero-order valence-corrected chi connectivity index (χ0v) is 10.9. The van der Waals surface area contributed by atoms with Crippen LogP contribution in [0.25, 0.3) is 0 Å². The van der Waals surface area contributed by atoms with Crippen LogP contribution in [0, 0.1) is 0 Å². The van der Waals surface area contributed by atoms with Gasteiger partial charge < -0.3 is 20.1 Å². The summed E-state index contributed by atoms with van der Waals surface area (Å²) < 4.78 is 9.92. The highest BCUT2D eigenvalue weighted by Crippen LogP contribution is 1.90. The van der Waals surface area contributed by atoms with E-state index in [0.29, 0.717) is 19.7 Å². The number of hydrogen-bond donors (Lipinski definition) is 2. The second-order valence-corrected chi connectivity index (χ2v) is 3.70. The fourth-order valence-electron chi connectivity index (χ4n) is 1.36. The second kappa shape index (κ2) is 8.95. The maximum Gasteiger partial charge on any atom is 0.329 e. The molecule has 17 heavy (non-hydrogen) atoms. The van der Waals surface area contributed by atoms with Crippen LogP contribution in [0.3, 0.4) is 0 Å². The van der Waals surface area contributed by atoms with Gasteiger partial charge in [-0.05, 0) is 13.8 Å². The van der Waals surface area contributed by atoms with Gasteiger partial charge in [-0.3, -0.25) is 4.79 Å². The van der Waals surface area contributed by atoms with Crippen molar-refractivity contribution in [2.45, 2.75) is 32.9 Å². The minimum absolute atomic E-state index is 0.0654. The highest BCUT2D eigenvalue weighted by Gasteiger charge is 2.19. The lowest BCUT2D eigenvalue weighted by Crippen LogP contribution is -2.48. The summed E-state index contributed by atoms with van der Waals surface area (Å²) in [7, 11) is 1.29.